The molecule has 1 N–H and O–H groups in total. The molecule has 0 radical (unpaired) electrons. The van der Waals surface area contributed by atoms with Gasteiger partial charge in [0.25, 0.3) is 5.91 Å². The molecule has 0 aliphatic rings. The first-order valence-electron chi connectivity index (χ1n) is 8.49. The molecule has 1 heterocycles. The van der Waals surface area contributed by atoms with Crippen LogP contribution in [0.15, 0.2) is 30.3 Å². The lowest BCUT2D eigenvalue weighted by Gasteiger charge is -2.13. The van der Waals surface area contributed by atoms with E-state index in [1.54, 1.807) is 18.2 Å². The van der Waals surface area contributed by atoms with Crippen molar-refractivity contribution in [2.45, 2.75) is 20.8 Å². The number of carbonyl (C=O) groups excluding carboxylic acids is 1. The molecular weight excluding hydrogens is 366 g/mol. The molecule has 0 spiro atoms. The molecule has 0 saturated carbocycles. The van der Waals surface area contributed by atoms with Crippen LogP contribution in [0.1, 0.15) is 28.5 Å². The van der Waals surface area contributed by atoms with Gasteiger partial charge in [-0.25, -0.2) is 9.97 Å². The second kappa shape index (κ2) is 7.80. The van der Waals surface area contributed by atoms with E-state index in [0.29, 0.717) is 34.1 Å². The first-order chi connectivity index (χ1) is 12.9. The molecule has 0 bridgehead atoms. The van der Waals surface area contributed by atoms with Crippen LogP contribution in [-0.4, -0.2) is 29.6 Å². The predicted octanol–water partition coefficient (Wildman–Crippen LogP) is 4.56. The van der Waals surface area contributed by atoms with Crippen molar-refractivity contribution in [3.63, 3.8) is 0 Å². The van der Waals surface area contributed by atoms with Crippen LogP contribution in [0, 0.1) is 13.8 Å². The van der Waals surface area contributed by atoms with E-state index in [0.717, 1.165) is 11.1 Å². The highest BCUT2D eigenvalue weighted by Crippen LogP contribution is 2.29. The molecule has 3 rings (SSSR count). The fourth-order valence-electron chi connectivity index (χ4n) is 2.64. The van der Waals surface area contributed by atoms with Gasteiger partial charge in [0, 0.05) is 5.02 Å². The lowest BCUT2D eigenvalue weighted by atomic mass is 10.1. The number of benzene rings is 2. The Morgan fingerprint density at radius 2 is 1.78 bits per heavy atom. The summed E-state index contributed by atoms with van der Waals surface area (Å²) in [6.07, 6.45) is 0. The molecule has 0 unspecified atom stereocenters. The summed E-state index contributed by atoms with van der Waals surface area (Å²) >= 11 is 6.04. The van der Waals surface area contributed by atoms with E-state index in [9.17, 15) is 4.79 Å². The summed E-state index contributed by atoms with van der Waals surface area (Å²) in [7, 11) is 1.52. The van der Waals surface area contributed by atoms with Gasteiger partial charge in [0.2, 0.25) is 5.88 Å². The number of ether oxygens (including phenoxy) is 2. The van der Waals surface area contributed by atoms with Crippen molar-refractivity contribution in [3.05, 3.63) is 52.2 Å². The molecule has 2 aromatic carbocycles. The van der Waals surface area contributed by atoms with Crippen molar-refractivity contribution in [1.29, 1.82) is 0 Å². The van der Waals surface area contributed by atoms with E-state index >= 15 is 0 Å². The summed E-state index contributed by atoms with van der Waals surface area (Å²) in [5.41, 5.74) is 4.03. The summed E-state index contributed by atoms with van der Waals surface area (Å²) in [5.74, 6) is 0.226. The second-order valence-electron chi connectivity index (χ2n) is 6.03. The number of rotatable bonds is 5. The van der Waals surface area contributed by atoms with Gasteiger partial charge in [0.05, 0.1) is 30.4 Å². The minimum atomic E-state index is -0.452. The lowest BCUT2D eigenvalue weighted by Crippen LogP contribution is -2.17. The molecule has 3 aromatic rings. The van der Waals surface area contributed by atoms with Gasteiger partial charge in [-0.15, -0.1) is 0 Å². The number of fused-ring (bicyclic) bond motifs is 1. The van der Waals surface area contributed by atoms with Crippen LogP contribution in [0.3, 0.4) is 0 Å². The Morgan fingerprint density at radius 1 is 1.11 bits per heavy atom. The smallest absolute Gasteiger partial charge is 0.280 e. The molecule has 140 valence electrons. The van der Waals surface area contributed by atoms with E-state index in [1.807, 2.05) is 32.9 Å². The van der Waals surface area contributed by atoms with Gasteiger partial charge in [0.15, 0.2) is 5.69 Å². The molecular formula is C20H20ClN3O3. The third-order valence-corrected chi connectivity index (χ3v) is 4.39. The van der Waals surface area contributed by atoms with Crippen LogP contribution < -0.4 is 14.8 Å². The molecule has 0 fully saturated rings. The molecule has 0 atom stereocenters. The third kappa shape index (κ3) is 3.95. The van der Waals surface area contributed by atoms with Crippen LogP contribution in [0.25, 0.3) is 11.0 Å². The highest BCUT2D eigenvalue weighted by atomic mass is 35.5. The van der Waals surface area contributed by atoms with Crippen molar-refractivity contribution in [2.75, 3.05) is 19.0 Å². The highest BCUT2D eigenvalue weighted by molar-refractivity contribution is 6.31. The maximum Gasteiger partial charge on any atom is 0.280 e. The van der Waals surface area contributed by atoms with Crippen molar-refractivity contribution in [3.8, 4) is 11.6 Å². The maximum atomic E-state index is 12.9. The van der Waals surface area contributed by atoms with E-state index in [1.165, 1.54) is 7.11 Å². The van der Waals surface area contributed by atoms with Crippen LogP contribution in [-0.2, 0) is 0 Å². The Morgan fingerprint density at radius 3 is 2.41 bits per heavy atom. The summed E-state index contributed by atoms with van der Waals surface area (Å²) in [6, 6.07) is 8.81. The maximum absolute atomic E-state index is 12.9. The number of nitrogens with zero attached hydrogens (tertiary/aromatic N) is 2. The molecule has 0 saturated heterocycles. The zero-order valence-corrected chi connectivity index (χ0v) is 16.3. The minimum absolute atomic E-state index is 0.106. The number of methoxy groups -OCH3 is 1. The average Bonchev–Trinajstić information content (AvgIpc) is 2.63. The number of halogens is 1. The highest BCUT2D eigenvalue weighted by Gasteiger charge is 2.20. The van der Waals surface area contributed by atoms with Crippen molar-refractivity contribution in [1.82, 2.24) is 9.97 Å². The van der Waals surface area contributed by atoms with Gasteiger partial charge >= 0.3 is 0 Å². The number of aryl methyl sites for hydroxylation is 2. The fourth-order valence-corrected chi connectivity index (χ4v) is 2.81. The molecule has 7 heteroatoms. The number of nitrogens with one attached hydrogen (secondary N) is 1. The molecule has 27 heavy (non-hydrogen) atoms. The van der Waals surface area contributed by atoms with Crippen LogP contribution >= 0.6 is 11.6 Å². The molecule has 0 aliphatic heterocycles. The minimum Gasteiger partial charge on any atom is -0.495 e. The SMILES string of the molecule is CCOc1nc2cc(C)c(C)cc2nc1C(=O)Nc1cc(Cl)ccc1OC. The van der Waals surface area contributed by atoms with E-state index in [4.69, 9.17) is 21.1 Å². The normalized spacial score (nSPS) is 10.7. The van der Waals surface area contributed by atoms with Gasteiger partial charge in [0.1, 0.15) is 5.75 Å². The summed E-state index contributed by atoms with van der Waals surface area (Å²) in [4.78, 5) is 21.9. The third-order valence-electron chi connectivity index (χ3n) is 4.15. The summed E-state index contributed by atoms with van der Waals surface area (Å²) < 4.78 is 10.8. The van der Waals surface area contributed by atoms with Crippen molar-refractivity contribution >= 4 is 34.2 Å². The molecule has 6 nitrogen and oxygen atoms in total. The van der Waals surface area contributed by atoms with Gasteiger partial charge < -0.3 is 14.8 Å². The molecule has 1 aromatic heterocycles. The topological polar surface area (TPSA) is 73.3 Å². The average molecular weight is 386 g/mol. The second-order valence-corrected chi connectivity index (χ2v) is 6.47. The zero-order chi connectivity index (χ0) is 19.6. The van der Waals surface area contributed by atoms with Crippen molar-refractivity contribution in [2.24, 2.45) is 0 Å². The standard InChI is InChI=1S/C20H20ClN3O3/c1-5-27-20-18(22-14-8-11(2)12(3)9-15(14)24-20)19(25)23-16-10-13(21)6-7-17(16)26-4/h6-10H,5H2,1-4H3,(H,23,25). The van der Waals surface area contributed by atoms with Crippen LogP contribution in [0.2, 0.25) is 5.02 Å². The summed E-state index contributed by atoms with van der Waals surface area (Å²) in [6.45, 7) is 6.19. The number of carbonyl (C=O) groups is 1. The number of hydrogen-bond donors (Lipinski definition) is 1. The van der Waals surface area contributed by atoms with Crippen LogP contribution in [0.4, 0.5) is 5.69 Å². The Bertz CT molecular complexity index is 1020. The number of aromatic nitrogens is 2. The number of anilines is 1. The Balaban J connectivity index is 2.06. The largest absolute Gasteiger partial charge is 0.495 e. The lowest BCUT2D eigenvalue weighted by molar-refractivity contribution is 0.101. The molecule has 0 aliphatic carbocycles. The monoisotopic (exact) mass is 385 g/mol. The fraction of sp³-hybridized carbons (Fsp3) is 0.250. The van der Waals surface area contributed by atoms with E-state index in [2.05, 4.69) is 15.3 Å². The Hall–Kier alpha value is -2.86. The van der Waals surface area contributed by atoms with E-state index in [-0.39, 0.29) is 11.6 Å². The van der Waals surface area contributed by atoms with Gasteiger partial charge in [-0.3, -0.25) is 4.79 Å². The van der Waals surface area contributed by atoms with Crippen LogP contribution in [0.5, 0.6) is 11.6 Å². The van der Waals surface area contributed by atoms with E-state index < -0.39 is 5.91 Å². The van der Waals surface area contributed by atoms with Gasteiger partial charge in [-0.2, -0.15) is 0 Å². The number of amides is 1. The predicted molar refractivity (Wildman–Crippen MR) is 106 cm³/mol. The van der Waals surface area contributed by atoms with Gasteiger partial charge in [-0.05, 0) is 62.2 Å². The Labute approximate surface area is 162 Å². The first-order valence-corrected chi connectivity index (χ1v) is 8.87. The summed E-state index contributed by atoms with van der Waals surface area (Å²) in [5, 5.41) is 3.26. The zero-order valence-electron chi connectivity index (χ0n) is 15.6. The first kappa shape index (κ1) is 18.9. The van der Waals surface area contributed by atoms with Gasteiger partial charge in [-0.1, -0.05) is 11.6 Å². The van der Waals surface area contributed by atoms with Crippen molar-refractivity contribution < 1.29 is 14.3 Å². The quantitative estimate of drug-likeness (QED) is 0.696. The molecule has 1 amide bonds. The number of hydrogen-bond acceptors (Lipinski definition) is 5. The Kier molecular flexibility index (Phi) is 5.46.